The Labute approximate surface area is 551 Å². The first kappa shape index (κ1) is 54.4. The topological polar surface area (TPSA) is 57.7 Å². The molecule has 20 rings (SSSR count). The fourth-order valence-corrected chi connectivity index (χ4v) is 16.6. The lowest BCUT2D eigenvalue weighted by Crippen LogP contribution is -2.17. The Morgan fingerprint density at radius 1 is 0.234 bits per heavy atom. The lowest BCUT2D eigenvalue weighted by atomic mass is 10.0. The van der Waals surface area contributed by atoms with Gasteiger partial charge < -0.3 is 37.9 Å². The van der Waals surface area contributed by atoms with E-state index in [1.165, 1.54) is 64.2 Å². The molecule has 10 heteroatoms. The van der Waals surface area contributed by atoms with Crippen LogP contribution in [0.3, 0.4) is 0 Å². The van der Waals surface area contributed by atoms with Crippen molar-refractivity contribution in [3.8, 4) is 23.0 Å². The maximum atomic E-state index is 6.50. The molecule has 0 atom stereocenters. The van der Waals surface area contributed by atoms with Gasteiger partial charge in [-0.2, -0.15) is 0 Å². The van der Waals surface area contributed by atoms with E-state index in [-0.39, 0.29) is 0 Å². The van der Waals surface area contributed by atoms with Gasteiger partial charge in [0.15, 0.2) is 23.0 Å². The maximum Gasteiger partial charge on any atom is 0.152 e. The first-order valence-electron chi connectivity index (χ1n) is 31.7. The summed E-state index contributed by atoms with van der Waals surface area (Å²) < 4.78 is 25.6. The Morgan fingerprint density at radius 2 is 0.649 bits per heavy atom. The van der Waals surface area contributed by atoms with Gasteiger partial charge in [-0.25, -0.2) is 0 Å². The molecule has 0 unspecified atom stereocenters. The third kappa shape index (κ3) is 8.70. The summed E-state index contributed by atoms with van der Waals surface area (Å²) in [5.74, 6) is 3.34. The molecule has 94 heavy (non-hydrogen) atoms. The first-order valence-corrected chi connectivity index (χ1v) is 33.3. The van der Waals surface area contributed by atoms with Gasteiger partial charge in [0.2, 0.25) is 0 Å². The SMILES string of the molecule is Cc1ccc2c(c1)Oc1cc(C)ccc1N2c1ccc2cc(N3c4ccccc4Oc4cc5c(cc43)oc3ccccc35)ccc2c1.Cc1ccc2c(c1)Sc1cc(C)ccc1N2c1cccc2c(N3c4ccccc4Sc4cc5c(cc43)oc3ccccc35)cccc12. The van der Waals surface area contributed by atoms with Crippen molar-refractivity contribution < 1.29 is 18.3 Å². The number of ether oxygens (including phenoxy) is 2. The summed E-state index contributed by atoms with van der Waals surface area (Å²) in [6.07, 6.45) is 0. The Morgan fingerprint density at radius 3 is 1.27 bits per heavy atom. The Hall–Kier alpha value is -11.3. The van der Waals surface area contributed by atoms with E-state index in [4.69, 9.17) is 18.3 Å². The molecule has 0 spiro atoms. The quantitative estimate of drug-likeness (QED) is 0.170. The lowest BCUT2D eigenvalue weighted by Gasteiger charge is -2.35. The molecular formula is C84H56N4O4S2. The zero-order valence-corrected chi connectivity index (χ0v) is 53.3. The number of rotatable bonds is 4. The summed E-state index contributed by atoms with van der Waals surface area (Å²) in [7, 11) is 0. The largest absolute Gasteiger partial charge is 0.456 e. The Bertz CT molecular complexity index is 5790. The van der Waals surface area contributed by atoms with E-state index < -0.39 is 0 Å². The highest BCUT2D eigenvalue weighted by Crippen LogP contribution is 2.59. The zero-order valence-electron chi connectivity index (χ0n) is 51.6. The van der Waals surface area contributed by atoms with Crippen LogP contribution in [0.2, 0.25) is 0 Å². The molecule has 0 N–H and O–H groups in total. The van der Waals surface area contributed by atoms with E-state index in [1.54, 1.807) is 0 Å². The number of aryl methyl sites for hydroxylation is 4. The van der Waals surface area contributed by atoms with Gasteiger partial charge in [-0.05, 0) is 194 Å². The minimum absolute atomic E-state index is 0.799. The second-order valence-electron chi connectivity index (χ2n) is 24.8. The third-order valence-electron chi connectivity index (χ3n) is 18.6. The highest BCUT2D eigenvalue weighted by Gasteiger charge is 2.33. The molecule has 448 valence electrons. The summed E-state index contributed by atoms with van der Waals surface area (Å²) in [5.41, 5.74) is 21.6. The number of fused-ring (bicyclic) bond motifs is 16. The molecule has 2 aromatic heterocycles. The van der Waals surface area contributed by atoms with Crippen LogP contribution in [0.1, 0.15) is 22.3 Å². The van der Waals surface area contributed by atoms with Gasteiger partial charge in [-0.15, -0.1) is 0 Å². The molecule has 16 aromatic rings. The van der Waals surface area contributed by atoms with Crippen molar-refractivity contribution in [3.05, 3.63) is 289 Å². The van der Waals surface area contributed by atoms with Crippen LogP contribution >= 0.6 is 23.5 Å². The van der Waals surface area contributed by atoms with E-state index in [2.05, 4.69) is 272 Å². The van der Waals surface area contributed by atoms with Gasteiger partial charge in [0.1, 0.15) is 22.3 Å². The Kier molecular flexibility index (Phi) is 12.2. The predicted molar refractivity (Wildman–Crippen MR) is 389 cm³/mol. The zero-order chi connectivity index (χ0) is 62.4. The Balaban J connectivity index is 0.000000133. The van der Waals surface area contributed by atoms with Crippen LogP contribution < -0.4 is 29.1 Å². The fraction of sp³-hybridized carbons (Fsp3) is 0.0476. The standard InChI is InChI=1S/C42H28N2O3.C42H28N2OS2/c1-25-11-17-34-40(19-25)47-41-20-26(2)12-18-35(41)43(34)29-15-13-28-22-30(16-14-27(28)21-29)44-33-8-4-6-10-38(33)46-42-23-32-31-7-3-5-9-37(31)45-39(32)24-36(42)44;1-25-17-19-34-40(21-25)47-41-22-26(2)18-20-35(41)43(34)31-13-7-11-28-27(31)10-8-14-32(28)44-33-12-4-6-16-39(33)46-42-23-30-29-9-3-5-15-37(29)45-38(30)24-36(42)44/h2*3-24H,1-2H3. The molecular weight excluding hydrogens is 1190 g/mol. The highest BCUT2D eigenvalue weighted by atomic mass is 32.2. The van der Waals surface area contributed by atoms with Crippen LogP contribution in [0.5, 0.6) is 23.0 Å². The molecule has 0 saturated heterocycles. The van der Waals surface area contributed by atoms with Crippen molar-refractivity contribution >= 4 is 157 Å². The molecule has 0 fully saturated rings. The molecule has 14 aromatic carbocycles. The third-order valence-corrected chi connectivity index (χ3v) is 20.8. The first-order chi connectivity index (χ1) is 46.2. The van der Waals surface area contributed by atoms with Crippen LogP contribution in [-0.2, 0) is 0 Å². The molecule has 0 saturated carbocycles. The number of hydrogen-bond acceptors (Lipinski definition) is 10. The smallest absolute Gasteiger partial charge is 0.152 e. The van der Waals surface area contributed by atoms with Gasteiger partial charge in [-0.3, -0.25) is 0 Å². The minimum Gasteiger partial charge on any atom is -0.456 e. The maximum absolute atomic E-state index is 6.50. The van der Waals surface area contributed by atoms with Crippen LogP contribution in [0.4, 0.5) is 68.2 Å². The predicted octanol–water partition coefficient (Wildman–Crippen LogP) is 25.7. The van der Waals surface area contributed by atoms with Crippen molar-refractivity contribution in [1.82, 2.24) is 0 Å². The van der Waals surface area contributed by atoms with Gasteiger partial charge >= 0.3 is 0 Å². The van der Waals surface area contributed by atoms with Crippen molar-refractivity contribution in [2.24, 2.45) is 0 Å². The lowest BCUT2D eigenvalue weighted by molar-refractivity contribution is 0.476. The second kappa shape index (κ2) is 21.1. The van der Waals surface area contributed by atoms with Crippen LogP contribution in [-0.4, -0.2) is 0 Å². The van der Waals surface area contributed by atoms with E-state index in [1.807, 2.05) is 66.0 Å². The van der Waals surface area contributed by atoms with Crippen molar-refractivity contribution in [3.63, 3.8) is 0 Å². The van der Waals surface area contributed by atoms with E-state index in [0.29, 0.717) is 0 Å². The van der Waals surface area contributed by atoms with Gasteiger partial charge in [0, 0.05) is 75.4 Å². The molecule has 0 amide bonds. The number of furan rings is 2. The average molecular weight is 1250 g/mol. The summed E-state index contributed by atoms with van der Waals surface area (Å²) in [5, 5.41) is 9.12. The van der Waals surface area contributed by atoms with Gasteiger partial charge in [-0.1, -0.05) is 145 Å². The van der Waals surface area contributed by atoms with Crippen molar-refractivity contribution in [2.45, 2.75) is 47.3 Å². The summed E-state index contributed by atoms with van der Waals surface area (Å²) in [6.45, 7) is 8.54. The van der Waals surface area contributed by atoms with Crippen LogP contribution in [0.15, 0.2) is 295 Å². The van der Waals surface area contributed by atoms with Crippen molar-refractivity contribution in [1.29, 1.82) is 0 Å². The normalized spacial score (nSPS) is 13.3. The van der Waals surface area contributed by atoms with Gasteiger partial charge in [0.25, 0.3) is 0 Å². The fourth-order valence-electron chi connectivity index (χ4n) is 14.2. The number of para-hydroxylation sites is 5. The highest BCUT2D eigenvalue weighted by molar-refractivity contribution is 8.00. The molecule has 0 radical (unpaired) electrons. The molecule has 0 aliphatic carbocycles. The number of benzene rings is 14. The van der Waals surface area contributed by atoms with E-state index >= 15 is 0 Å². The van der Waals surface area contributed by atoms with Crippen molar-refractivity contribution in [2.75, 3.05) is 19.6 Å². The molecule has 8 nitrogen and oxygen atoms in total. The summed E-state index contributed by atoms with van der Waals surface area (Å²) in [6, 6.07) is 95.3. The second-order valence-corrected chi connectivity index (χ2v) is 26.9. The monoisotopic (exact) mass is 1250 g/mol. The number of nitrogens with zero attached hydrogens (tertiary/aromatic N) is 4. The summed E-state index contributed by atoms with van der Waals surface area (Å²) >= 11 is 3.70. The van der Waals surface area contributed by atoms with E-state index in [9.17, 15) is 0 Å². The average Bonchev–Trinajstić information content (AvgIpc) is 1.09. The minimum atomic E-state index is 0.799. The van der Waals surface area contributed by atoms with Crippen LogP contribution in [0.25, 0.3) is 65.4 Å². The van der Waals surface area contributed by atoms with E-state index in [0.717, 1.165) is 134 Å². The van der Waals surface area contributed by atoms with Crippen LogP contribution in [0, 0.1) is 27.7 Å². The number of anilines is 12. The molecule has 0 bridgehead atoms. The van der Waals surface area contributed by atoms with Gasteiger partial charge in [0.05, 0.1) is 56.9 Å². The molecule has 4 aliphatic heterocycles. The molecule has 6 heterocycles. The number of hydrogen-bond donors (Lipinski definition) is 0. The summed E-state index contributed by atoms with van der Waals surface area (Å²) in [4.78, 5) is 14.5. The molecule has 4 aliphatic rings.